The minimum Gasteiger partial charge on any atom is -0.496 e. The largest absolute Gasteiger partial charge is 0.496 e. The van der Waals surface area contributed by atoms with Gasteiger partial charge in [0.15, 0.2) is 0 Å². The number of benzene rings is 2. The van der Waals surface area contributed by atoms with Crippen molar-refractivity contribution in [3.63, 3.8) is 0 Å². The number of halogens is 4. The smallest absolute Gasteiger partial charge is 0.143 e. The Morgan fingerprint density at radius 2 is 1.70 bits per heavy atom. The van der Waals surface area contributed by atoms with E-state index in [0.717, 1.165) is 8.95 Å². The average Bonchev–Trinajstić information content (AvgIpc) is 2.42. The van der Waals surface area contributed by atoms with Crippen LogP contribution in [0.5, 0.6) is 17.2 Å². The molecule has 6 heteroatoms. The zero-order valence-corrected chi connectivity index (χ0v) is 15.2. The Hall–Kier alpha value is -0.590. The summed E-state index contributed by atoms with van der Waals surface area (Å²) >= 11 is 10.1. The highest BCUT2D eigenvalue weighted by molar-refractivity contribution is 9.11. The first-order valence-electron chi connectivity index (χ1n) is 5.61. The molecular formula is C14H10Br3FO2. The second kappa shape index (κ2) is 6.91. The van der Waals surface area contributed by atoms with Crippen molar-refractivity contribution in [2.45, 2.75) is 5.33 Å². The van der Waals surface area contributed by atoms with Crippen LogP contribution >= 0.6 is 47.8 Å². The molecule has 0 amide bonds. The molecule has 0 saturated carbocycles. The van der Waals surface area contributed by atoms with Gasteiger partial charge in [0.25, 0.3) is 0 Å². The zero-order chi connectivity index (χ0) is 14.7. The Labute approximate surface area is 141 Å². The summed E-state index contributed by atoms with van der Waals surface area (Å²) in [6.07, 6.45) is 0. The molecule has 0 heterocycles. The maximum atomic E-state index is 13.7. The topological polar surface area (TPSA) is 18.5 Å². The third-order valence-corrected chi connectivity index (χ3v) is 4.44. The van der Waals surface area contributed by atoms with Crippen LogP contribution in [0.1, 0.15) is 5.56 Å². The van der Waals surface area contributed by atoms with Gasteiger partial charge < -0.3 is 9.47 Å². The van der Waals surface area contributed by atoms with Crippen molar-refractivity contribution in [2.24, 2.45) is 0 Å². The van der Waals surface area contributed by atoms with Crippen molar-refractivity contribution in [1.82, 2.24) is 0 Å². The van der Waals surface area contributed by atoms with Gasteiger partial charge in [-0.1, -0.05) is 22.0 Å². The molecule has 0 atom stereocenters. The number of rotatable bonds is 4. The number of ether oxygens (including phenoxy) is 2. The van der Waals surface area contributed by atoms with Crippen LogP contribution in [0.15, 0.2) is 39.3 Å². The Morgan fingerprint density at radius 3 is 2.35 bits per heavy atom. The van der Waals surface area contributed by atoms with Crippen LogP contribution in [0, 0.1) is 5.82 Å². The van der Waals surface area contributed by atoms with E-state index in [1.54, 1.807) is 31.4 Å². The molecular weight excluding hydrogens is 459 g/mol. The van der Waals surface area contributed by atoms with E-state index < -0.39 is 0 Å². The molecule has 2 rings (SSSR count). The fourth-order valence-electron chi connectivity index (χ4n) is 1.63. The maximum absolute atomic E-state index is 13.7. The highest BCUT2D eigenvalue weighted by Crippen LogP contribution is 2.39. The molecule has 0 fully saturated rings. The molecule has 2 nitrogen and oxygen atoms in total. The second-order valence-corrected chi connectivity index (χ2v) is 6.14. The Bertz CT molecular complexity index is 632. The number of hydrogen-bond acceptors (Lipinski definition) is 2. The Balaban J connectivity index is 2.40. The van der Waals surface area contributed by atoms with Crippen LogP contribution in [0.4, 0.5) is 4.39 Å². The number of hydrogen-bond donors (Lipinski definition) is 0. The van der Waals surface area contributed by atoms with Crippen LogP contribution in [0.2, 0.25) is 0 Å². The summed E-state index contributed by atoms with van der Waals surface area (Å²) in [4.78, 5) is 0. The van der Waals surface area contributed by atoms with Gasteiger partial charge in [0.2, 0.25) is 0 Å². The van der Waals surface area contributed by atoms with E-state index in [-0.39, 0.29) is 5.82 Å². The second-order valence-electron chi connectivity index (χ2n) is 3.87. The first-order chi connectivity index (χ1) is 9.56. The van der Waals surface area contributed by atoms with Gasteiger partial charge in [0, 0.05) is 10.9 Å². The summed E-state index contributed by atoms with van der Waals surface area (Å²) in [7, 11) is 1.59. The molecule has 20 heavy (non-hydrogen) atoms. The highest BCUT2D eigenvalue weighted by atomic mass is 79.9. The fourth-order valence-corrected chi connectivity index (χ4v) is 3.06. The molecule has 0 saturated heterocycles. The van der Waals surface area contributed by atoms with Gasteiger partial charge in [-0.15, -0.1) is 0 Å². The normalized spacial score (nSPS) is 10.4. The zero-order valence-electron chi connectivity index (χ0n) is 10.4. The summed E-state index contributed by atoms with van der Waals surface area (Å²) in [5.74, 6) is 1.43. The van der Waals surface area contributed by atoms with Crippen molar-refractivity contribution in [1.29, 1.82) is 0 Å². The van der Waals surface area contributed by atoms with E-state index in [1.807, 2.05) is 0 Å². The minimum absolute atomic E-state index is 0.303. The van der Waals surface area contributed by atoms with E-state index in [9.17, 15) is 4.39 Å². The van der Waals surface area contributed by atoms with Crippen LogP contribution in [0.3, 0.4) is 0 Å². The van der Waals surface area contributed by atoms with Gasteiger partial charge in [-0.2, -0.15) is 0 Å². The van der Waals surface area contributed by atoms with Crippen LogP contribution in [0.25, 0.3) is 0 Å². The third-order valence-electron chi connectivity index (χ3n) is 2.64. The van der Waals surface area contributed by atoms with Crippen LogP contribution in [-0.2, 0) is 5.33 Å². The van der Waals surface area contributed by atoms with Gasteiger partial charge in [0.05, 0.1) is 16.1 Å². The Kier molecular flexibility index (Phi) is 5.46. The van der Waals surface area contributed by atoms with Crippen molar-refractivity contribution >= 4 is 47.8 Å². The summed E-state index contributed by atoms with van der Waals surface area (Å²) < 4.78 is 26.2. The average molecular weight is 469 g/mol. The van der Waals surface area contributed by atoms with E-state index in [0.29, 0.717) is 28.1 Å². The lowest BCUT2D eigenvalue weighted by Crippen LogP contribution is -1.94. The summed E-state index contributed by atoms with van der Waals surface area (Å²) in [5.41, 5.74) is 0.478. The SMILES string of the molecule is COc1cc(Br)c(Oc2cccc(F)c2CBr)cc1Br. The summed E-state index contributed by atoms with van der Waals surface area (Å²) in [6, 6.07) is 8.30. The molecule has 106 valence electrons. The number of alkyl halides is 1. The minimum atomic E-state index is -0.303. The molecule has 0 unspecified atom stereocenters. The van der Waals surface area contributed by atoms with Crippen LogP contribution in [-0.4, -0.2) is 7.11 Å². The van der Waals surface area contributed by atoms with E-state index in [2.05, 4.69) is 47.8 Å². The monoisotopic (exact) mass is 466 g/mol. The molecule has 2 aromatic carbocycles. The fraction of sp³-hybridized carbons (Fsp3) is 0.143. The predicted octanol–water partition coefficient (Wildman–Crippen LogP) is 6.05. The molecule has 0 bridgehead atoms. The van der Waals surface area contributed by atoms with E-state index >= 15 is 0 Å². The van der Waals surface area contributed by atoms with Gasteiger partial charge in [-0.05, 0) is 56.1 Å². The van der Waals surface area contributed by atoms with Crippen molar-refractivity contribution in [3.8, 4) is 17.2 Å². The highest BCUT2D eigenvalue weighted by Gasteiger charge is 2.13. The van der Waals surface area contributed by atoms with Crippen molar-refractivity contribution in [3.05, 3.63) is 50.7 Å². The molecule has 0 aliphatic carbocycles. The van der Waals surface area contributed by atoms with Gasteiger partial charge in [-0.3, -0.25) is 0 Å². The predicted molar refractivity (Wildman–Crippen MR) is 87.5 cm³/mol. The van der Waals surface area contributed by atoms with Gasteiger partial charge in [-0.25, -0.2) is 4.39 Å². The molecule has 0 aliphatic heterocycles. The lowest BCUT2D eigenvalue weighted by atomic mass is 10.2. The van der Waals surface area contributed by atoms with Crippen molar-refractivity contribution in [2.75, 3.05) is 7.11 Å². The first-order valence-corrected chi connectivity index (χ1v) is 8.31. The van der Waals surface area contributed by atoms with Crippen molar-refractivity contribution < 1.29 is 13.9 Å². The van der Waals surface area contributed by atoms with Gasteiger partial charge >= 0.3 is 0 Å². The first kappa shape index (κ1) is 15.8. The molecule has 0 N–H and O–H groups in total. The molecule has 0 spiro atoms. The summed E-state index contributed by atoms with van der Waals surface area (Å²) in [5, 5.41) is 0.379. The Morgan fingerprint density at radius 1 is 1.05 bits per heavy atom. The number of methoxy groups -OCH3 is 1. The maximum Gasteiger partial charge on any atom is 0.143 e. The lowest BCUT2D eigenvalue weighted by molar-refractivity contribution is 0.409. The summed E-state index contributed by atoms with van der Waals surface area (Å²) in [6.45, 7) is 0. The molecule has 2 aromatic rings. The molecule has 0 aromatic heterocycles. The third kappa shape index (κ3) is 3.35. The quantitative estimate of drug-likeness (QED) is 0.509. The standard InChI is InChI=1S/C14H10Br3FO2/c1-19-13-5-10(17)14(6-9(13)16)20-12-4-2-3-11(18)8(12)7-15/h2-6H,7H2,1H3. The van der Waals surface area contributed by atoms with E-state index in [1.165, 1.54) is 6.07 Å². The molecule has 0 radical (unpaired) electrons. The van der Waals surface area contributed by atoms with Gasteiger partial charge in [0.1, 0.15) is 23.1 Å². The lowest BCUT2D eigenvalue weighted by Gasteiger charge is -2.13. The van der Waals surface area contributed by atoms with E-state index in [4.69, 9.17) is 9.47 Å². The molecule has 0 aliphatic rings. The van der Waals surface area contributed by atoms with Crippen LogP contribution < -0.4 is 9.47 Å².